The average Bonchev–Trinajstić information content (AvgIpc) is 3.21. The number of thiazole rings is 1. The molecular formula is C22H25BrFN5OS. The highest BCUT2D eigenvalue weighted by Gasteiger charge is 2.26. The van der Waals surface area contributed by atoms with Crippen molar-refractivity contribution in [3.63, 3.8) is 0 Å². The van der Waals surface area contributed by atoms with Crippen LogP contribution in [0.4, 0.5) is 20.0 Å². The molecular weight excluding hydrogens is 481 g/mol. The molecule has 0 saturated heterocycles. The molecule has 2 aromatic carbocycles. The maximum absolute atomic E-state index is 14.1. The number of aromatic nitrogens is 1. The van der Waals surface area contributed by atoms with Crippen LogP contribution >= 0.6 is 27.3 Å². The molecule has 5 N–H and O–H groups in total. The number of nitrogens with one attached hydrogen (secondary N) is 3. The topological polar surface area (TPSA) is 92.1 Å². The Morgan fingerprint density at radius 3 is 2.65 bits per heavy atom. The largest absolute Gasteiger partial charge is 0.381 e. The summed E-state index contributed by atoms with van der Waals surface area (Å²) in [5.41, 5.74) is 7.37. The fourth-order valence-corrected chi connectivity index (χ4v) is 4.17. The Bertz CT molecular complexity index is 1040. The van der Waals surface area contributed by atoms with E-state index in [0.29, 0.717) is 29.5 Å². The number of hydrogen-bond acceptors (Lipinski definition) is 5. The Labute approximate surface area is 193 Å². The molecule has 2 amide bonds. The molecule has 1 aromatic heterocycles. The fourth-order valence-electron chi connectivity index (χ4n) is 2.97. The first-order valence-corrected chi connectivity index (χ1v) is 11.4. The molecule has 164 valence electrons. The second-order valence-electron chi connectivity index (χ2n) is 7.50. The summed E-state index contributed by atoms with van der Waals surface area (Å²) < 4.78 is 15.1. The van der Waals surface area contributed by atoms with Crippen molar-refractivity contribution in [3.05, 3.63) is 75.0 Å². The van der Waals surface area contributed by atoms with Crippen LogP contribution in [0.25, 0.3) is 0 Å². The zero-order chi connectivity index (χ0) is 22.4. The van der Waals surface area contributed by atoms with Gasteiger partial charge in [0.05, 0.1) is 5.69 Å². The molecule has 0 atom stereocenters. The van der Waals surface area contributed by atoms with Crippen LogP contribution in [0.3, 0.4) is 0 Å². The van der Waals surface area contributed by atoms with Crippen molar-refractivity contribution in [2.45, 2.75) is 25.8 Å². The quantitative estimate of drug-likeness (QED) is 0.344. The Balaban J connectivity index is 1.57. The van der Waals surface area contributed by atoms with E-state index < -0.39 is 6.03 Å². The van der Waals surface area contributed by atoms with Crippen LogP contribution in [-0.4, -0.2) is 24.1 Å². The first-order valence-electron chi connectivity index (χ1n) is 9.79. The molecule has 0 bridgehead atoms. The Morgan fingerprint density at radius 1 is 1.23 bits per heavy atom. The summed E-state index contributed by atoms with van der Waals surface area (Å²) in [6, 6.07) is 12.5. The molecule has 0 radical (unpaired) electrons. The third-order valence-electron chi connectivity index (χ3n) is 4.85. The Kier molecular flexibility index (Phi) is 7.64. The second-order valence-corrected chi connectivity index (χ2v) is 9.45. The number of amides is 2. The zero-order valence-electron chi connectivity index (χ0n) is 17.3. The van der Waals surface area contributed by atoms with E-state index >= 15 is 0 Å². The van der Waals surface area contributed by atoms with Gasteiger partial charge in [0.15, 0.2) is 5.13 Å². The smallest absolute Gasteiger partial charge is 0.321 e. The molecule has 0 unspecified atom stereocenters. The number of carbonyl (C=O) groups excluding carboxylic acids is 1. The third kappa shape index (κ3) is 6.03. The summed E-state index contributed by atoms with van der Waals surface area (Å²) in [4.78, 5) is 17.6. The number of carbonyl (C=O) groups is 1. The summed E-state index contributed by atoms with van der Waals surface area (Å²) in [5, 5.41) is 8.89. The number of nitrogens with zero attached hydrogens (tertiary/aromatic N) is 1. The number of rotatable bonds is 8. The summed E-state index contributed by atoms with van der Waals surface area (Å²) in [5.74, 6) is -0.382. The molecule has 0 aliphatic carbocycles. The number of benzene rings is 2. The van der Waals surface area contributed by atoms with Crippen molar-refractivity contribution < 1.29 is 9.18 Å². The van der Waals surface area contributed by atoms with Gasteiger partial charge in [-0.25, -0.2) is 14.2 Å². The summed E-state index contributed by atoms with van der Waals surface area (Å²) >= 11 is 4.88. The fraction of sp³-hybridized carbons (Fsp3) is 0.273. The van der Waals surface area contributed by atoms with E-state index in [4.69, 9.17) is 5.73 Å². The maximum Gasteiger partial charge on any atom is 0.321 e. The summed E-state index contributed by atoms with van der Waals surface area (Å²) in [6.45, 7) is 5.35. The lowest BCUT2D eigenvalue weighted by Crippen LogP contribution is -2.28. The van der Waals surface area contributed by atoms with Gasteiger partial charge in [-0.15, -0.1) is 11.3 Å². The van der Waals surface area contributed by atoms with Crippen LogP contribution in [0.2, 0.25) is 0 Å². The van der Waals surface area contributed by atoms with Crippen LogP contribution in [0, 0.1) is 5.82 Å². The molecule has 0 spiro atoms. The van der Waals surface area contributed by atoms with Crippen LogP contribution in [0.15, 0.2) is 53.1 Å². The summed E-state index contributed by atoms with van der Waals surface area (Å²) in [7, 11) is 0. The van der Waals surface area contributed by atoms with E-state index in [1.807, 2.05) is 12.1 Å². The van der Waals surface area contributed by atoms with Gasteiger partial charge in [-0.05, 0) is 35.4 Å². The number of hydrogen-bond donors (Lipinski definition) is 4. The number of anilines is 2. The SMILES string of the molecule is CC(C)(c1ccc(Br)cc1)c1cnc(NC(=O)NCc2ccc(NCCN)c(F)c2)s1. The first kappa shape index (κ1) is 23.2. The zero-order valence-corrected chi connectivity index (χ0v) is 19.7. The van der Waals surface area contributed by atoms with E-state index in [9.17, 15) is 9.18 Å². The van der Waals surface area contributed by atoms with E-state index in [1.165, 1.54) is 17.4 Å². The van der Waals surface area contributed by atoms with Gasteiger partial charge in [0.25, 0.3) is 0 Å². The highest BCUT2D eigenvalue weighted by atomic mass is 79.9. The van der Waals surface area contributed by atoms with E-state index in [0.717, 1.165) is 14.9 Å². The van der Waals surface area contributed by atoms with Gasteiger partial charge in [0.2, 0.25) is 0 Å². The molecule has 0 fully saturated rings. The number of urea groups is 1. The van der Waals surface area contributed by atoms with Crippen molar-refractivity contribution in [2.75, 3.05) is 23.7 Å². The highest BCUT2D eigenvalue weighted by molar-refractivity contribution is 9.10. The Morgan fingerprint density at radius 2 is 1.97 bits per heavy atom. The van der Waals surface area contributed by atoms with Gasteiger partial charge in [-0.1, -0.05) is 48.0 Å². The lowest BCUT2D eigenvalue weighted by atomic mass is 9.84. The van der Waals surface area contributed by atoms with Crippen molar-refractivity contribution in [1.29, 1.82) is 0 Å². The van der Waals surface area contributed by atoms with Gasteiger partial charge in [0, 0.05) is 40.6 Å². The van der Waals surface area contributed by atoms with Crippen molar-refractivity contribution >= 4 is 44.1 Å². The highest BCUT2D eigenvalue weighted by Crippen LogP contribution is 2.36. The van der Waals surface area contributed by atoms with Crippen molar-refractivity contribution in [2.24, 2.45) is 5.73 Å². The molecule has 3 rings (SSSR count). The van der Waals surface area contributed by atoms with Gasteiger partial charge >= 0.3 is 6.03 Å². The van der Waals surface area contributed by atoms with Crippen LogP contribution < -0.4 is 21.7 Å². The minimum atomic E-state index is -0.395. The van der Waals surface area contributed by atoms with Crippen molar-refractivity contribution in [1.82, 2.24) is 10.3 Å². The standard InChI is InChI=1S/C22H25BrFN5OS/c1-22(2,15-4-6-16(23)7-5-15)19-13-28-21(31-19)29-20(30)27-12-14-3-8-18(17(24)11-14)26-10-9-25/h3-8,11,13,26H,9-10,12,25H2,1-2H3,(H2,27,28,29,30). The first-order chi connectivity index (χ1) is 14.8. The summed E-state index contributed by atoms with van der Waals surface area (Å²) in [6.07, 6.45) is 1.78. The molecule has 31 heavy (non-hydrogen) atoms. The van der Waals surface area contributed by atoms with E-state index in [1.54, 1.807) is 18.3 Å². The minimum Gasteiger partial charge on any atom is -0.381 e. The normalized spacial score (nSPS) is 11.3. The maximum atomic E-state index is 14.1. The van der Waals surface area contributed by atoms with Gasteiger partial charge in [-0.2, -0.15) is 0 Å². The molecule has 9 heteroatoms. The van der Waals surface area contributed by atoms with Gasteiger partial charge < -0.3 is 16.4 Å². The lowest BCUT2D eigenvalue weighted by Gasteiger charge is -2.23. The minimum absolute atomic E-state index is 0.197. The molecule has 1 heterocycles. The van der Waals surface area contributed by atoms with E-state index in [2.05, 4.69) is 62.8 Å². The monoisotopic (exact) mass is 505 g/mol. The van der Waals surface area contributed by atoms with Crippen LogP contribution in [0.1, 0.15) is 29.9 Å². The average molecular weight is 506 g/mol. The van der Waals surface area contributed by atoms with Crippen LogP contribution in [-0.2, 0) is 12.0 Å². The predicted molar refractivity (Wildman–Crippen MR) is 128 cm³/mol. The number of halogens is 2. The molecule has 0 aliphatic heterocycles. The Hall–Kier alpha value is -2.49. The third-order valence-corrected chi connectivity index (χ3v) is 6.62. The molecule has 0 aliphatic rings. The predicted octanol–water partition coefficient (Wildman–Crippen LogP) is 5.06. The second kappa shape index (κ2) is 10.2. The van der Waals surface area contributed by atoms with Gasteiger partial charge in [0.1, 0.15) is 5.82 Å². The molecule has 0 saturated carbocycles. The molecule has 3 aromatic rings. The van der Waals surface area contributed by atoms with E-state index in [-0.39, 0.29) is 17.8 Å². The number of nitrogens with two attached hydrogens (primary N) is 1. The van der Waals surface area contributed by atoms with Gasteiger partial charge in [-0.3, -0.25) is 5.32 Å². The van der Waals surface area contributed by atoms with Crippen molar-refractivity contribution in [3.8, 4) is 0 Å². The lowest BCUT2D eigenvalue weighted by molar-refractivity contribution is 0.251. The molecule has 6 nitrogen and oxygen atoms in total. The van der Waals surface area contributed by atoms with Crippen LogP contribution in [0.5, 0.6) is 0 Å².